The number of hydrogen-bond acceptors (Lipinski definition) is 4. The smallest absolute Gasteiger partial charge is 0.225 e. The fourth-order valence-corrected chi connectivity index (χ4v) is 1.30. The predicted octanol–water partition coefficient (Wildman–Crippen LogP) is -0.0949. The maximum atomic E-state index is 8.78. The first-order valence-electron chi connectivity index (χ1n) is 4.03. The average Bonchev–Trinajstić information content (AvgIpc) is 2.04. The molecule has 1 aromatic rings. The Hall–Kier alpha value is -1.16. The molecule has 0 radical (unpaired) electrons. The molecule has 0 unspecified atom stereocenters. The Morgan fingerprint density at radius 1 is 1.42 bits per heavy atom. The lowest BCUT2D eigenvalue weighted by atomic mass is 10.0. The van der Waals surface area contributed by atoms with E-state index in [0.717, 1.165) is 19.0 Å². The van der Waals surface area contributed by atoms with Gasteiger partial charge in [0.05, 0.1) is 0 Å². The molecule has 12 heavy (non-hydrogen) atoms. The van der Waals surface area contributed by atoms with E-state index in [1.54, 1.807) is 18.5 Å². The van der Waals surface area contributed by atoms with Crippen molar-refractivity contribution >= 4 is 5.95 Å². The number of aliphatic hydroxyl groups is 1. The van der Waals surface area contributed by atoms with Crippen molar-refractivity contribution in [1.29, 1.82) is 0 Å². The molecule has 1 aromatic heterocycles. The van der Waals surface area contributed by atoms with Crippen LogP contribution in [0.4, 0.5) is 5.95 Å². The highest BCUT2D eigenvalue weighted by Gasteiger charge is 2.27. The minimum Gasteiger partial charge on any atom is -0.396 e. The second-order valence-corrected chi connectivity index (χ2v) is 3.00. The van der Waals surface area contributed by atoms with Gasteiger partial charge in [0, 0.05) is 38.0 Å². The second kappa shape index (κ2) is 3.06. The number of aliphatic hydroxyl groups excluding tert-OH is 1. The van der Waals surface area contributed by atoms with Crippen LogP contribution in [0.5, 0.6) is 0 Å². The molecule has 1 N–H and O–H groups in total. The first-order chi connectivity index (χ1) is 5.90. The van der Waals surface area contributed by atoms with Gasteiger partial charge in [-0.2, -0.15) is 0 Å². The quantitative estimate of drug-likeness (QED) is 0.665. The van der Waals surface area contributed by atoms with Crippen molar-refractivity contribution in [1.82, 2.24) is 9.97 Å². The first-order valence-corrected chi connectivity index (χ1v) is 4.03. The Balaban J connectivity index is 1.97. The van der Waals surface area contributed by atoms with Gasteiger partial charge in [-0.25, -0.2) is 9.97 Å². The van der Waals surface area contributed by atoms with Crippen LogP contribution in [0.15, 0.2) is 18.5 Å². The zero-order valence-corrected chi connectivity index (χ0v) is 6.72. The van der Waals surface area contributed by atoms with Crippen molar-refractivity contribution in [3.05, 3.63) is 18.5 Å². The molecule has 2 rings (SSSR count). The maximum Gasteiger partial charge on any atom is 0.225 e. The van der Waals surface area contributed by atoms with Crippen LogP contribution < -0.4 is 4.90 Å². The summed E-state index contributed by atoms with van der Waals surface area (Å²) in [5, 5.41) is 8.78. The molecule has 1 saturated heterocycles. The number of aromatic nitrogens is 2. The summed E-state index contributed by atoms with van der Waals surface area (Å²) in [6, 6.07) is 1.80. The van der Waals surface area contributed by atoms with Gasteiger partial charge in [-0.15, -0.1) is 0 Å². The highest BCUT2D eigenvalue weighted by molar-refractivity contribution is 5.32. The van der Waals surface area contributed by atoms with Gasteiger partial charge in [-0.3, -0.25) is 0 Å². The standard InChI is InChI=1S/C8H11N3O/c12-6-7-4-11(5-7)8-9-2-1-3-10-8/h1-3,7,12H,4-6H2. The fraction of sp³-hybridized carbons (Fsp3) is 0.500. The van der Waals surface area contributed by atoms with E-state index in [2.05, 4.69) is 14.9 Å². The maximum absolute atomic E-state index is 8.78. The van der Waals surface area contributed by atoms with Crippen molar-refractivity contribution in [2.45, 2.75) is 0 Å². The summed E-state index contributed by atoms with van der Waals surface area (Å²) in [7, 11) is 0. The van der Waals surface area contributed by atoms with Crippen LogP contribution in [0.2, 0.25) is 0 Å². The molecule has 0 spiro atoms. The van der Waals surface area contributed by atoms with Gasteiger partial charge in [0.1, 0.15) is 0 Å². The second-order valence-electron chi connectivity index (χ2n) is 3.00. The lowest BCUT2D eigenvalue weighted by Crippen LogP contribution is -2.49. The zero-order valence-electron chi connectivity index (χ0n) is 6.72. The molecule has 0 saturated carbocycles. The fourth-order valence-electron chi connectivity index (χ4n) is 1.30. The molecule has 0 atom stereocenters. The zero-order chi connectivity index (χ0) is 8.39. The Kier molecular flexibility index (Phi) is 1.91. The molecular formula is C8H11N3O. The normalized spacial score (nSPS) is 17.6. The van der Waals surface area contributed by atoms with Crippen LogP contribution >= 0.6 is 0 Å². The highest BCUT2D eigenvalue weighted by Crippen LogP contribution is 2.19. The van der Waals surface area contributed by atoms with Crippen molar-refractivity contribution < 1.29 is 5.11 Å². The molecule has 0 aromatic carbocycles. The lowest BCUT2D eigenvalue weighted by molar-refractivity contribution is 0.199. The summed E-state index contributed by atoms with van der Waals surface area (Å²) in [6.45, 7) is 2.02. The van der Waals surface area contributed by atoms with Crippen LogP contribution in [-0.2, 0) is 0 Å². The van der Waals surface area contributed by atoms with E-state index in [9.17, 15) is 0 Å². The van der Waals surface area contributed by atoms with E-state index in [1.807, 2.05) is 0 Å². The number of rotatable bonds is 2. The van der Waals surface area contributed by atoms with Crippen LogP contribution in [0.25, 0.3) is 0 Å². The molecule has 4 heteroatoms. The highest BCUT2D eigenvalue weighted by atomic mass is 16.3. The summed E-state index contributed by atoms with van der Waals surface area (Å²) >= 11 is 0. The van der Waals surface area contributed by atoms with Gasteiger partial charge in [0.2, 0.25) is 5.95 Å². The summed E-state index contributed by atoms with van der Waals surface area (Å²) in [6.07, 6.45) is 3.46. The van der Waals surface area contributed by atoms with E-state index < -0.39 is 0 Å². The van der Waals surface area contributed by atoms with Crippen LogP contribution in [0, 0.1) is 5.92 Å². The monoisotopic (exact) mass is 165 g/mol. The van der Waals surface area contributed by atoms with Gasteiger partial charge in [0.25, 0.3) is 0 Å². The molecule has 4 nitrogen and oxygen atoms in total. The van der Waals surface area contributed by atoms with Gasteiger partial charge < -0.3 is 10.0 Å². The van der Waals surface area contributed by atoms with Gasteiger partial charge in [-0.1, -0.05) is 0 Å². The van der Waals surface area contributed by atoms with Crippen LogP contribution in [0.1, 0.15) is 0 Å². The third-order valence-corrected chi connectivity index (χ3v) is 2.05. The van der Waals surface area contributed by atoms with E-state index in [-0.39, 0.29) is 6.61 Å². The molecule has 0 bridgehead atoms. The largest absolute Gasteiger partial charge is 0.396 e. The molecule has 1 aliphatic heterocycles. The Labute approximate surface area is 70.9 Å². The lowest BCUT2D eigenvalue weighted by Gasteiger charge is -2.37. The Bertz CT molecular complexity index is 246. The van der Waals surface area contributed by atoms with E-state index in [0.29, 0.717) is 5.92 Å². The topological polar surface area (TPSA) is 49.2 Å². The first kappa shape index (κ1) is 7.49. The minimum atomic E-state index is 0.267. The summed E-state index contributed by atoms with van der Waals surface area (Å²) in [5.74, 6) is 1.18. The summed E-state index contributed by atoms with van der Waals surface area (Å²) in [5.41, 5.74) is 0. The molecule has 0 amide bonds. The Morgan fingerprint density at radius 2 is 2.08 bits per heavy atom. The molecular weight excluding hydrogens is 154 g/mol. The molecule has 1 aliphatic rings. The predicted molar refractivity (Wildman–Crippen MR) is 44.8 cm³/mol. The summed E-state index contributed by atoms with van der Waals surface area (Å²) in [4.78, 5) is 10.3. The van der Waals surface area contributed by atoms with Gasteiger partial charge in [0.15, 0.2) is 0 Å². The van der Waals surface area contributed by atoms with Gasteiger partial charge >= 0.3 is 0 Å². The summed E-state index contributed by atoms with van der Waals surface area (Å²) < 4.78 is 0. The Morgan fingerprint density at radius 3 is 2.67 bits per heavy atom. The number of nitrogens with zero attached hydrogens (tertiary/aromatic N) is 3. The number of anilines is 1. The number of hydrogen-bond donors (Lipinski definition) is 1. The minimum absolute atomic E-state index is 0.267. The van der Waals surface area contributed by atoms with Crippen LogP contribution in [0.3, 0.4) is 0 Å². The van der Waals surface area contributed by atoms with Crippen LogP contribution in [-0.4, -0.2) is 34.8 Å². The van der Waals surface area contributed by atoms with Crippen molar-refractivity contribution in [2.24, 2.45) is 5.92 Å². The van der Waals surface area contributed by atoms with Gasteiger partial charge in [-0.05, 0) is 6.07 Å². The van der Waals surface area contributed by atoms with E-state index >= 15 is 0 Å². The molecule has 2 heterocycles. The third-order valence-electron chi connectivity index (χ3n) is 2.05. The molecule has 1 fully saturated rings. The SMILES string of the molecule is OCC1CN(c2ncccn2)C1. The average molecular weight is 165 g/mol. The van der Waals surface area contributed by atoms with Crippen molar-refractivity contribution in [2.75, 3.05) is 24.6 Å². The van der Waals surface area contributed by atoms with Crippen molar-refractivity contribution in [3.63, 3.8) is 0 Å². The van der Waals surface area contributed by atoms with E-state index in [4.69, 9.17) is 5.11 Å². The van der Waals surface area contributed by atoms with Crippen molar-refractivity contribution in [3.8, 4) is 0 Å². The third kappa shape index (κ3) is 1.25. The van der Waals surface area contributed by atoms with E-state index in [1.165, 1.54) is 0 Å². The molecule has 64 valence electrons. The molecule has 0 aliphatic carbocycles.